The molecule has 1 aromatic carbocycles. The van der Waals surface area contributed by atoms with Crippen molar-refractivity contribution in [2.24, 2.45) is 5.92 Å². The van der Waals surface area contributed by atoms with Gasteiger partial charge in [-0.2, -0.15) is 0 Å². The van der Waals surface area contributed by atoms with Gasteiger partial charge in [-0.05, 0) is 42.2 Å². The van der Waals surface area contributed by atoms with Gasteiger partial charge in [0, 0.05) is 29.8 Å². The molecule has 22 heavy (non-hydrogen) atoms. The maximum atomic E-state index is 5.92. The molecule has 1 atom stereocenters. The molecule has 1 aliphatic rings. The van der Waals surface area contributed by atoms with Crippen LogP contribution >= 0.6 is 0 Å². The molecule has 0 radical (unpaired) electrons. The second-order valence-corrected chi connectivity index (χ2v) is 5.82. The molecule has 0 saturated carbocycles. The Morgan fingerprint density at radius 3 is 3.18 bits per heavy atom. The third-order valence-electron chi connectivity index (χ3n) is 4.24. The molecule has 112 valence electrons. The fourth-order valence-corrected chi connectivity index (χ4v) is 3.10. The van der Waals surface area contributed by atoms with E-state index in [9.17, 15) is 0 Å². The zero-order valence-corrected chi connectivity index (χ0v) is 12.5. The highest BCUT2D eigenvalue weighted by Gasteiger charge is 2.21. The number of aromatic amines is 1. The Balaban J connectivity index is 1.52. The molecule has 4 heteroatoms. The van der Waals surface area contributed by atoms with E-state index >= 15 is 0 Å². The molecular formula is C18H18N2O2. The Kier molecular flexibility index (Phi) is 3.22. The van der Waals surface area contributed by atoms with Gasteiger partial charge in [0.1, 0.15) is 17.1 Å². The van der Waals surface area contributed by atoms with Gasteiger partial charge in [-0.15, -0.1) is 0 Å². The first-order chi connectivity index (χ1) is 10.8. The standard InChI is InChI=1S/C18H18N2O2/c1-21-16-3-2-14-8-13(11-22-17(14)9-16)6-12-7-15-4-5-19-18(15)20-10-12/h2-5,7,9-10,13H,6,8,11H2,1H3,(H,19,20)/t13-/m0/s1. The number of hydrogen-bond acceptors (Lipinski definition) is 3. The number of benzene rings is 1. The van der Waals surface area contributed by atoms with Gasteiger partial charge < -0.3 is 14.5 Å². The van der Waals surface area contributed by atoms with Gasteiger partial charge in [-0.1, -0.05) is 6.07 Å². The minimum atomic E-state index is 0.485. The summed E-state index contributed by atoms with van der Waals surface area (Å²) >= 11 is 0. The number of hydrogen-bond donors (Lipinski definition) is 1. The van der Waals surface area contributed by atoms with Crippen molar-refractivity contribution in [2.45, 2.75) is 12.8 Å². The highest BCUT2D eigenvalue weighted by atomic mass is 16.5. The Morgan fingerprint density at radius 1 is 1.32 bits per heavy atom. The molecule has 2 aromatic heterocycles. The third-order valence-corrected chi connectivity index (χ3v) is 4.24. The van der Waals surface area contributed by atoms with E-state index in [2.05, 4.69) is 28.2 Å². The number of nitrogens with one attached hydrogen (secondary N) is 1. The molecule has 3 aromatic rings. The molecule has 4 nitrogen and oxygen atoms in total. The minimum absolute atomic E-state index is 0.485. The molecule has 0 aliphatic carbocycles. The zero-order valence-electron chi connectivity index (χ0n) is 12.5. The maximum Gasteiger partial charge on any atom is 0.137 e. The van der Waals surface area contributed by atoms with Crippen molar-refractivity contribution >= 4 is 11.0 Å². The predicted octanol–water partition coefficient (Wildman–Crippen LogP) is 3.37. The number of aromatic nitrogens is 2. The van der Waals surface area contributed by atoms with Crippen LogP contribution in [-0.4, -0.2) is 23.7 Å². The molecular weight excluding hydrogens is 276 g/mol. The number of H-pyrrole nitrogens is 1. The smallest absolute Gasteiger partial charge is 0.137 e. The van der Waals surface area contributed by atoms with E-state index in [1.165, 1.54) is 16.5 Å². The fraction of sp³-hybridized carbons (Fsp3) is 0.278. The van der Waals surface area contributed by atoms with Crippen molar-refractivity contribution < 1.29 is 9.47 Å². The quantitative estimate of drug-likeness (QED) is 0.805. The van der Waals surface area contributed by atoms with E-state index in [0.717, 1.165) is 36.6 Å². The summed E-state index contributed by atoms with van der Waals surface area (Å²) < 4.78 is 11.2. The molecule has 3 heterocycles. The van der Waals surface area contributed by atoms with E-state index in [1.54, 1.807) is 7.11 Å². The maximum absolute atomic E-state index is 5.92. The summed E-state index contributed by atoms with van der Waals surface area (Å²) in [6.45, 7) is 0.741. The van der Waals surface area contributed by atoms with Crippen LogP contribution in [0.4, 0.5) is 0 Å². The molecule has 0 fully saturated rings. The molecule has 0 unspecified atom stereocenters. The van der Waals surface area contributed by atoms with Crippen LogP contribution in [0.5, 0.6) is 11.5 Å². The van der Waals surface area contributed by atoms with Crippen LogP contribution in [0.15, 0.2) is 42.7 Å². The number of nitrogens with zero attached hydrogens (tertiary/aromatic N) is 1. The molecule has 4 rings (SSSR count). The summed E-state index contributed by atoms with van der Waals surface area (Å²) in [6.07, 6.45) is 5.90. The van der Waals surface area contributed by atoms with E-state index in [4.69, 9.17) is 9.47 Å². The van der Waals surface area contributed by atoms with E-state index in [1.807, 2.05) is 24.5 Å². The number of pyridine rings is 1. The van der Waals surface area contributed by atoms with Gasteiger partial charge in [-0.25, -0.2) is 4.98 Å². The van der Waals surface area contributed by atoms with Crippen molar-refractivity contribution in [3.63, 3.8) is 0 Å². The third kappa shape index (κ3) is 2.41. The summed E-state index contributed by atoms with van der Waals surface area (Å²) in [5.74, 6) is 2.29. The van der Waals surface area contributed by atoms with Crippen molar-refractivity contribution in [1.29, 1.82) is 0 Å². The lowest BCUT2D eigenvalue weighted by atomic mass is 9.91. The fourth-order valence-electron chi connectivity index (χ4n) is 3.10. The topological polar surface area (TPSA) is 47.1 Å². The molecule has 0 amide bonds. The van der Waals surface area contributed by atoms with Crippen LogP contribution < -0.4 is 9.47 Å². The van der Waals surface area contributed by atoms with Crippen molar-refractivity contribution in [3.8, 4) is 11.5 Å². The largest absolute Gasteiger partial charge is 0.497 e. The number of methoxy groups -OCH3 is 1. The Bertz CT molecular complexity index is 810. The van der Waals surface area contributed by atoms with Gasteiger partial charge >= 0.3 is 0 Å². The Morgan fingerprint density at radius 2 is 2.27 bits per heavy atom. The van der Waals surface area contributed by atoms with Gasteiger partial charge in [0.15, 0.2) is 0 Å². The van der Waals surface area contributed by atoms with Crippen LogP contribution in [0.1, 0.15) is 11.1 Å². The van der Waals surface area contributed by atoms with E-state index in [-0.39, 0.29) is 0 Å². The second kappa shape index (κ2) is 5.37. The van der Waals surface area contributed by atoms with Crippen LogP contribution in [-0.2, 0) is 12.8 Å². The number of ether oxygens (including phenoxy) is 2. The van der Waals surface area contributed by atoms with Gasteiger partial charge in [-0.3, -0.25) is 0 Å². The molecule has 0 bridgehead atoms. The summed E-state index contributed by atoms with van der Waals surface area (Å²) in [5, 5.41) is 1.17. The predicted molar refractivity (Wildman–Crippen MR) is 85.5 cm³/mol. The Labute approximate surface area is 129 Å². The summed E-state index contributed by atoms with van der Waals surface area (Å²) in [6, 6.07) is 10.3. The highest BCUT2D eigenvalue weighted by molar-refractivity contribution is 5.75. The van der Waals surface area contributed by atoms with E-state index < -0.39 is 0 Å². The van der Waals surface area contributed by atoms with Crippen molar-refractivity contribution in [2.75, 3.05) is 13.7 Å². The molecule has 0 spiro atoms. The lowest BCUT2D eigenvalue weighted by Crippen LogP contribution is -2.22. The first-order valence-corrected chi connectivity index (χ1v) is 7.53. The van der Waals surface area contributed by atoms with E-state index in [0.29, 0.717) is 5.92 Å². The van der Waals surface area contributed by atoms with Crippen LogP contribution in [0.2, 0.25) is 0 Å². The zero-order chi connectivity index (χ0) is 14.9. The lowest BCUT2D eigenvalue weighted by molar-refractivity contribution is 0.220. The van der Waals surface area contributed by atoms with Crippen LogP contribution in [0, 0.1) is 5.92 Å². The van der Waals surface area contributed by atoms with Gasteiger partial charge in [0.05, 0.1) is 13.7 Å². The normalized spacial score (nSPS) is 17.0. The molecule has 1 N–H and O–H groups in total. The average Bonchev–Trinajstić information content (AvgIpc) is 3.02. The summed E-state index contributed by atoms with van der Waals surface area (Å²) in [4.78, 5) is 7.59. The van der Waals surface area contributed by atoms with Crippen LogP contribution in [0.3, 0.4) is 0 Å². The monoisotopic (exact) mass is 294 g/mol. The first-order valence-electron chi connectivity index (χ1n) is 7.53. The van der Waals surface area contributed by atoms with Gasteiger partial charge in [0.25, 0.3) is 0 Å². The average molecular weight is 294 g/mol. The minimum Gasteiger partial charge on any atom is -0.497 e. The first kappa shape index (κ1) is 13.2. The molecule has 0 saturated heterocycles. The highest BCUT2D eigenvalue weighted by Crippen LogP contribution is 2.32. The van der Waals surface area contributed by atoms with Gasteiger partial charge in [0.2, 0.25) is 0 Å². The summed E-state index contributed by atoms with van der Waals surface area (Å²) in [7, 11) is 1.68. The number of rotatable bonds is 3. The van der Waals surface area contributed by atoms with Crippen LogP contribution in [0.25, 0.3) is 11.0 Å². The lowest BCUT2D eigenvalue weighted by Gasteiger charge is -2.25. The number of fused-ring (bicyclic) bond motifs is 2. The summed E-state index contributed by atoms with van der Waals surface area (Å²) in [5.41, 5.74) is 3.46. The van der Waals surface area contributed by atoms with Crippen molar-refractivity contribution in [3.05, 3.63) is 53.9 Å². The SMILES string of the molecule is COc1ccc2c(c1)OC[C@@H](Cc1cnc3[nH]ccc3c1)C2. The Hall–Kier alpha value is -2.49. The van der Waals surface area contributed by atoms with Crippen molar-refractivity contribution in [1.82, 2.24) is 9.97 Å². The second-order valence-electron chi connectivity index (χ2n) is 5.82. The molecule has 1 aliphatic heterocycles.